The lowest BCUT2D eigenvalue weighted by Gasteiger charge is -1.98. The summed E-state index contributed by atoms with van der Waals surface area (Å²) in [6.45, 7) is -0.542. The van der Waals surface area contributed by atoms with Gasteiger partial charge in [0.25, 0.3) is 5.91 Å². The maximum Gasteiger partial charge on any atom is 0.405 e. The van der Waals surface area contributed by atoms with Crippen LogP contribution in [-0.2, 0) is 14.3 Å². The third kappa shape index (κ3) is 7.85. The van der Waals surface area contributed by atoms with Crippen molar-refractivity contribution in [3.05, 3.63) is 12.3 Å². The van der Waals surface area contributed by atoms with E-state index in [0.717, 1.165) is 12.3 Å². The van der Waals surface area contributed by atoms with Crippen LogP contribution >= 0.6 is 0 Å². The smallest absolute Gasteiger partial charge is 0.405 e. The first-order chi connectivity index (χ1) is 6.02. The highest BCUT2D eigenvalue weighted by Gasteiger charge is 2.00. The molecule has 0 saturated carbocycles. The van der Waals surface area contributed by atoms with Crippen LogP contribution in [0.2, 0.25) is 0 Å². The zero-order valence-electron chi connectivity index (χ0n) is 6.52. The minimum absolute atomic E-state index is 0.542. The lowest BCUT2D eigenvalue weighted by atomic mass is 10.6. The molecule has 0 aromatic carbocycles. The molecule has 2 amide bonds. The molecule has 0 unspecified atom stereocenters. The molecular weight excluding hydrogens is 180 g/mol. The molecule has 4 N–H and O–H groups in total. The van der Waals surface area contributed by atoms with Crippen LogP contribution in [0.3, 0.4) is 0 Å². The lowest BCUT2D eigenvalue weighted by Crippen LogP contribution is -2.26. The van der Waals surface area contributed by atoms with E-state index in [1.54, 1.807) is 0 Å². The third-order valence-corrected chi connectivity index (χ3v) is 0.816. The molecule has 0 aliphatic carbocycles. The van der Waals surface area contributed by atoms with Gasteiger partial charge in [-0.05, 0) is 0 Å². The Hall–Kier alpha value is -2.05. The number of carbonyl (C=O) groups is 3. The number of carbonyl (C=O) groups excluding carboxylic acids is 2. The van der Waals surface area contributed by atoms with Gasteiger partial charge in [-0.25, -0.2) is 9.59 Å². The van der Waals surface area contributed by atoms with E-state index in [2.05, 4.69) is 10.5 Å². The lowest BCUT2D eigenvalue weighted by molar-refractivity contribution is -0.131. The summed E-state index contributed by atoms with van der Waals surface area (Å²) in [4.78, 5) is 30.5. The van der Waals surface area contributed by atoms with Crippen molar-refractivity contribution in [1.29, 1.82) is 0 Å². The Kier molecular flexibility index (Phi) is 4.70. The predicted molar refractivity (Wildman–Crippen MR) is 40.5 cm³/mol. The molecule has 0 atom stereocenters. The van der Waals surface area contributed by atoms with Crippen molar-refractivity contribution in [1.82, 2.24) is 5.32 Å². The summed E-state index contributed by atoms with van der Waals surface area (Å²) in [6.07, 6.45) is 0.564. The first-order valence-corrected chi connectivity index (χ1v) is 3.13. The van der Waals surface area contributed by atoms with Crippen LogP contribution in [0.4, 0.5) is 4.79 Å². The highest BCUT2D eigenvalue weighted by molar-refractivity contribution is 5.83. The van der Waals surface area contributed by atoms with Gasteiger partial charge in [-0.3, -0.25) is 4.79 Å². The van der Waals surface area contributed by atoms with Gasteiger partial charge in [0.1, 0.15) is 0 Å². The summed E-state index contributed by atoms with van der Waals surface area (Å²) in [5, 5.41) is 10.1. The number of amides is 2. The Labute approximate surface area is 73.2 Å². The maximum absolute atomic E-state index is 10.6. The van der Waals surface area contributed by atoms with Crippen molar-refractivity contribution in [2.75, 3.05) is 6.61 Å². The van der Waals surface area contributed by atoms with Gasteiger partial charge < -0.3 is 20.9 Å². The molecule has 0 radical (unpaired) electrons. The van der Waals surface area contributed by atoms with Crippen molar-refractivity contribution in [3.63, 3.8) is 0 Å². The van der Waals surface area contributed by atoms with Gasteiger partial charge in [-0.2, -0.15) is 0 Å². The summed E-state index contributed by atoms with van der Waals surface area (Å²) in [7, 11) is 0. The maximum atomic E-state index is 10.6. The number of carboxylic acids is 1. The molecule has 13 heavy (non-hydrogen) atoms. The molecule has 0 bridgehead atoms. The number of carboxylic acid groups (broad SMARTS) is 1. The van der Waals surface area contributed by atoms with Gasteiger partial charge in [-0.15, -0.1) is 0 Å². The molecule has 7 heteroatoms. The molecule has 0 aromatic rings. The Morgan fingerprint density at radius 2 is 2.08 bits per heavy atom. The van der Waals surface area contributed by atoms with E-state index in [9.17, 15) is 14.4 Å². The number of hydrogen-bond donors (Lipinski definition) is 3. The van der Waals surface area contributed by atoms with Gasteiger partial charge in [0.05, 0.1) is 0 Å². The Morgan fingerprint density at radius 1 is 1.46 bits per heavy atom. The highest BCUT2D eigenvalue weighted by Crippen LogP contribution is 1.75. The highest BCUT2D eigenvalue weighted by atomic mass is 16.5. The number of ether oxygens (including phenoxy) is 1. The van der Waals surface area contributed by atoms with Crippen LogP contribution in [0.1, 0.15) is 0 Å². The van der Waals surface area contributed by atoms with Crippen LogP contribution in [0, 0.1) is 0 Å². The van der Waals surface area contributed by atoms with Crippen LogP contribution in [-0.4, -0.2) is 29.7 Å². The largest absolute Gasteiger partial charge is 0.478 e. The molecule has 0 aromatic heterocycles. The molecule has 0 spiro atoms. The minimum Gasteiger partial charge on any atom is -0.478 e. The van der Waals surface area contributed by atoms with Crippen LogP contribution in [0.25, 0.3) is 0 Å². The van der Waals surface area contributed by atoms with Gasteiger partial charge in [-0.1, -0.05) is 0 Å². The zero-order chi connectivity index (χ0) is 10.3. The van der Waals surface area contributed by atoms with Crippen molar-refractivity contribution < 1.29 is 24.2 Å². The minimum atomic E-state index is -1.20. The van der Waals surface area contributed by atoms with E-state index < -0.39 is 24.6 Å². The molecular formula is C6H8N2O5. The molecule has 0 aliphatic heterocycles. The topological polar surface area (TPSA) is 119 Å². The first kappa shape index (κ1) is 11.0. The molecule has 72 valence electrons. The number of aliphatic carboxylic acids is 1. The fourth-order valence-corrected chi connectivity index (χ4v) is 0.384. The van der Waals surface area contributed by atoms with Crippen molar-refractivity contribution >= 4 is 18.0 Å². The van der Waals surface area contributed by atoms with Crippen molar-refractivity contribution in [3.8, 4) is 0 Å². The average molecular weight is 188 g/mol. The molecule has 0 saturated heterocycles. The number of hydrogen-bond acceptors (Lipinski definition) is 4. The van der Waals surface area contributed by atoms with E-state index in [4.69, 9.17) is 5.11 Å². The van der Waals surface area contributed by atoms with Crippen molar-refractivity contribution in [2.45, 2.75) is 0 Å². The van der Waals surface area contributed by atoms with Gasteiger partial charge in [0.2, 0.25) is 0 Å². The third-order valence-electron chi connectivity index (χ3n) is 0.816. The normalized spacial score (nSPS) is 9.54. The summed E-state index contributed by atoms with van der Waals surface area (Å²) in [5.74, 6) is -1.87. The first-order valence-electron chi connectivity index (χ1n) is 3.13. The number of nitrogens with one attached hydrogen (secondary N) is 1. The number of primary amides is 1. The molecule has 0 fully saturated rings. The monoisotopic (exact) mass is 188 g/mol. The van der Waals surface area contributed by atoms with Gasteiger partial charge in [0, 0.05) is 12.3 Å². The van der Waals surface area contributed by atoms with E-state index in [1.165, 1.54) is 0 Å². The fraction of sp³-hybridized carbons (Fsp3) is 0.167. The average Bonchev–Trinajstić information content (AvgIpc) is 2.00. The van der Waals surface area contributed by atoms with Gasteiger partial charge in [0.15, 0.2) is 6.61 Å². The molecule has 0 aliphatic rings. The number of nitrogens with two attached hydrogens (primary N) is 1. The quantitative estimate of drug-likeness (QED) is 0.478. The molecule has 7 nitrogen and oxygen atoms in total. The second-order valence-corrected chi connectivity index (χ2v) is 1.85. The van der Waals surface area contributed by atoms with Crippen LogP contribution in [0.15, 0.2) is 12.3 Å². The Morgan fingerprint density at radius 3 is 2.54 bits per heavy atom. The summed E-state index contributed by atoms with van der Waals surface area (Å²) >= 11 is 0. The Balaban J connectivity index is 3.63. The van der Waals surface area contributed by atoms with Gasteiger partial charge >= 0.3 is 12.1 Å². The summed E-state index contributed by atoms with van der Waals surface area (Å²) in [5.41, 5.74) is 4.56. The summed E-state index contributed by atoms with van der Waals surface area (Å²) in [6, 6.07) is 0. The van der Waals surface area contributed by atoms with E-state index >= 15 is 0 Å². The number of rotatable bonds is 4. The SMILES string of the molecule is NC(=O)OCC(=O)NC=CC(=O)O. The summed E-state index contributed by atoms with van der Waals surface area (Å²) < 4.78 is 4.11. The predicted octanol–water partition coefficient (Wildman–Crippen LogP) is -1.20. The molecule has 0 rings (SSSR count). The standard InChI is InChI=1S/C6H8N2O5/c7-6(12)13-3-4(9)8-2-1-5(10)11/h1-2H,3H2,(H2,7,12)(H,8,9)(H,10,11). The second kappa shape index (κ2) is 5.58. The Bertz CT molecular complexity index is 247. The fourth-order valence-electron chi connectivity index (χ4n) is 0.384. The van der Waals surface area contributed by atoms with E-state index in [0.29, 0.717) is 0 Å². The van der Waals surface area contributed by atoms with E-state index in [-0.39, 0.29) is 0 Å². The zero-order valence-corrected chi connectivity index (χ0v) is 6.52. The second-order valence-electron chi connectivity index (χ2n) is 1.85. The van der Waals surface area contributed by atoms with Crippen LogP contribution in [0.5, 0.6) is 0 Å². The van der Waals surface area contributed by atoms with Crippen molar-refractivity contribution in [2.24, 2.45) is 5.73 Å². The van der Waals surface area contributed by atoms with Crippen LogP contribution < -0.4 is 11.1 Å². The van der Waals surface area contributed by atoms with E-state index in [1.807, 2.05) is 5.32 Å². The molecule has 0 heterocycles.